The Morgan fingerprint density at radius 2 is 1.00 bits per heavy atom. The van der Waals surface area contributed by atoms with Gasteiger partial charge in [-0.3, -0.25) is 14.4 Å². The molecule has 0 fully saturated rings. The predicted molar refractivity (Wildman–Crippen MR) is 131 cm³/mol. The zero-order valence-electron chi connectivity index (χ0n) is 20.4. The first-order valence-corrected chi connectivity index (χ1v) is 11.8. The zero-order valence-corrected chi connectivity index (χ0v) is 20.4. The second-order valence-electron chi connectivity index (χ2n) is 7.12. The van der Waals surface area contributed by atoms with E-state index < -0.39 is 24.0 Å². The van der Waals surface area contributed by atoms with E-state index in [1.54, 1.807) is 19.1 Å². The lowest BCUT2D eigenvalue weighted by atomic mass is 10.2. The molecule has 0 saturated carbocycles. The van der Waals surface area contributed by atoms with E-state index in [-0.39, 0.29) is 32.5 Å². The number of allylic oxidation sites excluding steroid dienone is 8. The first-order valence-electron chi connectivity index (χ1n) is 11.8. The van der Waals surface area contributed by atoms with Crippen molar-refractivity contribution in [3.63, 3.8) is 0 Å². The molecule has 0 rings (SSSR count). The first kappa shape index (κ1) is 30.1. The van der Waals surface area contributed by atoms with Gasteiger partial charge in [0.25, 0.3) is 0 Å². The molecule has 0 aromatic rings. The van der Waals surface area contributed by atoms with E-state index in [1.807, 2.05) is 25.2 Å². The van der Waals surface area contributed by atoms with Crippen molar-refractivity contribution in [2.45, 2.75) is 78.2 Å². The smallest absolute Gasteiger partial charge is 0.310 e. The molecule has 1 unspecified atom stereocenters. The van der Waals surface area contributed by atoms with Crippen LogP contribution in [0.3, 0.4) is 0 Å². The van der Waals surface area contributed by atoms with Crippen molar-refractivity contribution in [2.24, 2.45) is 0 Å². The monoisotopic (exact) mass is 460 g/mol. The third-order valence-corrected chi connectivity index (χ3v) is 4.14. The summed E-state index contributed by atoms with van der Waals surface area (Å²) in [4.78, 5) is 35.2. The van der Waals surface area contributed by atoms with Gasteiger partial charge in [0, 0.05) is 6.42 Å². The molecule has 0 spiro atoms. The summed E-state index contributed by atoms with van der Waals surface area (Å²) in [6.07, 6.45) is 24.0. The Balaban J connectivity index is 4.27. The van der Waals surface area contributed by atoms with Gasteiger partial charge in [-0.25, -0.2) is 0 Å². The summed E-state index contributed by atoms with van der Waals surface area (Å²) < 4.78 is 15.5. The summed E-state index contributed by atoms with van der Waals surface area (Å²) in [5.74, 6) is -1.31. The quantitative estimate of drug-likeness (QED) is 0.143. The Kier molecular flexibility index (Phi) is 20.4. The minimum absolute atomic E-state index is 0.113. The molecule has 0 aromatic heterocycles. The van der Waals surface area contributed by atoms with Crippen molar-refractivity contribution in [1.29, 1.82) is 0 Å². The van der Waals surface area contributed by atoms with Crippen LogP contribution in [0.5, 0.6) is 0 Å². The maximum absolute atomic E-state index is 12.0. The van der Waals surface area contributed by atoms with Crippen molar-refractivity contribution >= 4 is 17.9 Å². The third kappa shape index (κ3) is 20.8. The van der Waals surface area contributed by atoms with Crippen molar-refractivity contribution in [1.82, 2.24) is 0 Å². The molecule has 6 nitrogen and oxygen atoms in total. The molecule has 0 amide bonds. The standard InChI is InChI=1S/C27H40O6/c1-4-7-9-10-11-12-13-14-15-16-17-19-20-26(29)32-23-24(22-31-25(28)6-3)33-27(30)21-18-8-5-2/h7-9,11-12,14-15,17-19,24H,4-6,10,13,16,20-23H2,1-3H3/b9-7-,12-11-,15-14-,18-8-,19-17-. The Hall–Kier alpha value is -2.89. The number of hydrogen-bond acceptors (Lipinski definition) is 6. The lowest BCUT2D eigenvalue weighted by Crippen LogP contribution is -2.30. The highest BCUT2D eigenvalue weighted by Gasteiger charge is 2.18. The largest absolute Gasteiger partial charge is 0.462 e. The minimum Gasteiger partial charge on any atom is -0.462 e. The van der Waals surface area contributed by atoms with E-state index in [2.05, 4.69) is 37.3 Å². The van der Waals surface area contributed by atoms with Gasteiger partial charge in [-0.15, -0.1) is 0 Å². The summed E-state index contributed by atoms with van der Waals surface area (Å²) in [6, 6.07) is 0. The molecule has 0 aromatic carbocycles. The van der Waals surface area contributed by atoms with E-state index in [1.165, 1.54) is 0 Å². The van der Waals surface area contributed by atoms with Gasteiger partial charge in [0.2, 0.25) is 0 Å². The van der Waals surface area contributed by atoms with E-state index >= 15 is 0 Å². The van der Waals surface area contributed by atoms with Crippen LogP contribution in [0.25, 0.3) is 0 Å². The van der Waals surface area contributed by atoms with Crippen LogP contribution >= 0.6 is 0 Å². The van der Waals surface area contributed by atoms with E-state index in [9.17, 15) is 14.4 Å². The number of rotatable bonds is 18. The van der Waals surface area contributed by atoms with Crippen LogP contribution in [0.1, 0.15) is 72.1 Å². The highest BCUT2D eigenvalue weighted by Crippen LogP contribution is 2.03. The van der Waals surface area contributed by atoms with Gasteiger partial charge in [0.1, 0.15) is 13.2 Å². The topological polar surface area (TPSA) is 78.9 Å². The summed E-state index contributed by atoms with van der Waals surface area (Å²) in [6.45, 7) is 5.44. The van der Waals surface area contributed by atoms with Crippen molar-refractivity contribution in [2.75, 3.05) is 13.2 Å². The molecule has 0 bridgehead atoms. The molecule has 0 N–H and O–H groups in total. The molecule has 0 radical (unpaired) electrons. The Bertz CT molecular complexity index is 685. The van der Waals surface area contributed by atoms with Gasteiger partial charge in [-0.05, 0) is 32.1 Å². The molecule has 184 valence electrons. The highest BCUT2D eigenvalue weighted by atomic mass is 16.6. The molecule has 0 aliphatic carbocycles. The molecule has 33 heavy (non-hydrogen) atoms. The normalized spacial score (nSPS) is 12.9. The zero-order chi connectivity index (χ0) is 24.6. The van der Waals surface area contributed by atoms with E-state index in [0.29, 0.717) is 0 Å². The fourth-order valence-corrected chi connectivity index (χ4v) is 2.39. The molecular formula is C27H40O6. The van der Waals surface area contributed by atoms with Crippen molar-refractivity contribution in [3.05, 3.63) is 60.8 Å². The van der Waals surface area contributed by atoms with Gasteiger partial charge < -0.3 is 14.2 Å². The maximum Gasteiger partial charge on any atom is 0.310 e. The maximum atomic E-state index is 12.0. The first-order chi connectivity index (χ1) is 16.0. The van der Waals surface area contributed by atoms with Crippen LogP contribution in [0.4, 0.5) is 0 Å². The number of carbonyl (C=O) groups is 3. The molecule has 0 aliphatic rings. The third-order valence-electron chi connectivity index (χ3n) is 4.14. The Labute approximate surface area is 199 Å². The van der Waals surface area contributed by atoms with Crippen molar-refractivity contribution in [3.8, 4) is 0 Å². The summed E-state index contributed by atoms with van der Waals surface area (Å²) in [7, 11) is 0. The molecular weight excluding hydrogens is 420 g/mol. The van der Waals surface area contributed by atoms with Gasteiger partial charge >= 0.3 is 17.9 Å². The molecule has 0 aliphatic heterocycles. The summed E-state index contributed by atoms with van der Waals surface area (Å²) in [5, 5.41) is 0. The highest BCUT2D eigenvalue weighted by molar-refractivity contribution is 5.72. The average molecular weight is 461 g/mol. The fraction of sp³-hybridized carbons (Fsp3) is 0.519. The van der Waals surface area contributed by atoms with Crippen LogP contribution < -0.4 is 0 Å². The average Bonchev–Trinajstić information content (AvgIpc) is 2.81. The molecule has 6 heteroatoms. The van der Waals surface area contributed by atoms with E-state index in [0.717, 1.165) is 32.1 Å². The van der Waals surface area contributed by atoms with Gasteiger partial charge in [0.15, 0.2) is 6.10 Å². The number of ether oxygens (including phenoxy) is 3. The molecule has 0 heterocycles. The van der Waals surface area contributed by atoms with Crippen LogP contribution in [-0.2, 0) is 28.6 Å². The SMILES string of the molecule is CC/C=C\C/C=C\C/C=C\C/C=C\CC(=O)OCC(COC(=O)CC)OC(=O)C/C=C\CC. The number of hydrogen-bond donors (Lipinski definition) is 0. The van der Waals surface area contributed by atoms with Gasteiger partial charge in [0.05, 0.1) is 12.8 Å². The summed E-state index contributed by atoms with van der Waals surface area (Å²) in [5.41, 5.74) is 0. The van der Waals surface area contributed by atoms with Gasteiger partial charge in [-0.2, -0.15) is 0 Å². The molecule has 0 saturated heterocycles. The van der Waals surface area contributed by atoms with Crippen LogP contribution in [0, 0.1) is 0 Å². The lowest BCUT2D eigenvalue weighted by Gasteiger charge is -2.17. The summed E-state index contributed by atoms with van der Waals surface area (Å²) >= 11 is 0. The number of carbonyl (C=O) groups excluding carboxylic acids is 3. The van der Waals surface area contributed by atoms with E-state index in [4.69, 9.17) is 14.2 Å². The van der Waals surface area contributed by atoms with Crippen LogP contribution in [0.15, 0.2) is 60.8 Å². The minimum atomic E-state index is -0.829. The van der Waals surface area contributed by atoms with Crippen molar-refractivity contribution < 1.29 is 28.6 Å². The molecule has 1 atom stereocenters. The number of esters is 3. The Morgan fingerprint density at radius 3 is 1.55 bits per heavy atom. The van der Waals surface area contributed by atoms with Gasteiger partial charge in [-0.1, -0.05) is 81.5 Å². The fourth-order valence-electron chi connectivity index (χ4n) is 2.39. The van der Waals surface area contributed by atoms with Crippen LogP contribution in [0.2, 0.25) is 0 Å². The predicted octanol–water partition coefficient (Wildman–Crippen LogP) is 5.95. The second-order valence-corrected chi connectivity index (χ2v) is 7.12. The second kappa shape index (κ2) is 22.3. The lowest BCUT2D eigenvalue weighted by molar-refractivity contribution is -0.165. The Morgan fingerprint density at radius 1 is 0.576 bits per heavy atom. The van der Waals surface area contributed by atoms with Crippen LogP contribution in [-0.4, -0.2) is 37.2 Å².